The number of amides is 1. The minimum absolute atomic E-state index is 0.00744. The van der Waals surface area contributed by atoms with Gasteiger partial charge in [0.05, 0.1) is 0 Å². The monoisotopic (exact) mass is 296 g/mol. The molecular weight excluding hydrogens is 274 g/mol. The molecule has 2 rings (SSSR count). The third kappa shape index (κ3) is 4.99. The summed E-state index contributed by atoms with van der Waals surface area (Å²) in [7, 11) is 0. The minimum atomic E-state index is -2.67. The van der Waals surface area contributed by atoms with Crippen molar-refractivity contribution < 1.29 is 13.6 Å². The maximum atomic E-state index is 12.7. The smallest absolute Gasteiger partial charge is 0.245 e. The van der Waals surface area contributed by atoms with Gasteiger partial charge in [-0.2, -0.15) is 0 Å². The molecular formula is C16H22F2N2O. The highest BCUT2D eigenvalue weighted by Crippen LogP contribution is 2.21. The first-order chi connectivity index (χ1) is 9.96. The van der Waals surface area contributed by atoms with Crippen LogP contribution in [-0.4, -0.2) is 42.9 Å². The Kier molecular flexibility index (Phi) is 5.15. The number of carbonyl (C=O) groups is 1. The Morgan fingerprint density at radius 1 is 1.14 bits per heavy atom. The van der Waals surface area contributed by atoms with Crippen LogP contribution in [0.25, 0.3) is 0 Å². The summed E-state index contributed by atoms with van der Waals surface area (Å²) in [5, 5.41) is 0. The zero-order chi connectivity index (χ0) is 15.3. The molecule has 1 heterocycles. The van der Waals surface area contributed by atoms with E-state index in [4.69, 9.17) is 0 Å². The van der Waals surface area contributed by atoms with Gasteiger partial charge in [-0.15, -0.1) is 0 Å². The van der Waals surface area contributed by atoms with E-state index in [1.54, 1.807) is 4.90 Å². The highest BCUT2D eigenvalue weighted by Gasteiger charge is 2.24. The lowest BCUT2D eigenvalue weighted by molar-refractivity contribution is -0.131. The molecule has 1 amide bonds. The molecule has 0 bridgehead atoms. The predicted molar refractivity (Wildman–Crippen MR) is 79.7 cm³/mol. The van der Waals surface area contributed by atoms with Crippen LogP contribution in [0.3, 0.4) is 0 Å². The highest BCUT2D eigenvalue weighted by atomic mass is 19.3. The van der Waals surface area contributed by atoms with Gasteiger partial charge in [-0.05, 0) is 25.5 Å². The van der Waals surface area contributed by atoms with Crippen molar-refractivity contribution in [3.8, 4) is 0 Å². The summed E-state index contributed by atoms with van der Waals surface area (Å²) in [5.74, 6) is -2.68. The second kappa shape index (κ2) is 6.87. The van der Waals surface area contributed by atoms with Gasteiger partial charge in [-0.1, -0.05) is 18.2 Å². The first kappa shape index (κ1) is 15.7. The molecule has 21 heavy (non-hydrogen) atoms. The molecule has 0 spiro atoms. The first-order valence-corrected chi connectivity index (χ1v) is 7.41. The number of para-hydroxylation sites is 1. The molecule has 1 aromatic carbocycles. The van der Waals surface area contributed by atoms with E-state index in [9.17, 15) is 13.6 Å². The molecule has 0 unspecified atom stereocenters. The van der Waals surface area contributed by atoms with E-state index in [0.29, 0.717) is 13.1 Å². The van der Waals surface area contributed by atoms with E-state index >= 15 is 0 Å². The topological polar surface area (TPSA) is 23.6 Å². The SMILES string of the molecule is CC(F)(F)CCCC(=O)N1CCN(c2ccccc2)CC1. The Balaban J connectivity index is 1.75. The number of halogens is 2. The molecule has 0 aromatic heterocycles. The third-order valence-electron chi connectivity index (χ3n) is 3.76. The van der Waals surface area contributed by atoms with Crippen molar-refractivity contribution in [2.75, 3.05) is 31.1 Å². The van der Waals surface area contributed by atoms with Crippen LogP contribution >= 0.6 is 0 Å². The van der Waals surface area contributed by atoms with Crippen molar-refractivity contribution >= 4 is 11.6 Å². The van der Waals surface area contributed by atoms with Gasteiger partial charge in [-0.3, -0.25) is 4.79 Å². The van der Waals surface area contributed by atoms with Crippen LogP contribution in [-0.2, 0) is 4.79 Å². The second-order valence-corrected chi connectivity index (χ2v) is 5.63. The summed E-state index contributed by atoms with van der Waals surface area (Å²) >= 11 is 0. The Morgan fingerprint density at radius 3 is 2.33 bits per heavy atom. The average molecular weight is 296 g/mol. The number of alkyl halides is 2. The molecule has 1 saturated heterocycles. The van der Waals surface area contributed by atoms with E-state index in [1.807, 2.05) is 18.2 Å². The van der Waals surface area contributed by atoms with Crippen molar-refractivity contribution in [2.24, 2.45) is 0 Å². The molecule has 1 fully saturated rings. The van der Waals surface area contributed by atoms with Gasteiger partial charge in [-0.25, -0.2) is 8.78 Å². The fraction of sp³-hybridized carbons (Fsp3) is 0.562. The molecule has 0 radical (unpaired) electrons. The fourth-order valence-electron chi connectivity index (χ4n) is 2.56. The van der Waals surface area contributed by atoms with Crippen molar-refractivity contribution in [1.82, 2.24) is 4.90 Å². The summed E-state index contributed by atoms with van der Waals surface area (Å²) in [4.78, 5) is 16.0. The van der Waals surface area contributed by atoms with Crippen LogP contribution in [0.1, 0.15) is 26.2 Å². The normalized spacial score (nSPS) is 16.1. The fourth-order valence-corrected chi connectivity index (χ4v) is 2.56. The Morgan fingerprint density at radius 2 is 1.76 bits per heavy atom. The van der Waals surface area contributed by atoms with Crippen molar-refractivity contribution in [3.63, 3.8) is 0 Å². The van der Waals surface area contributed by atoms with Gasteiger partial charge in [0.25, 0.3) is 0 Å². The molecule has 0 aliphatic carbocycles. The minimum Gasteiger partial charge on any atom is -0.368 e. The summed E-state index contributed by atoms with van der Waals surface area (Å²) in [5.41, 5.74) is 1.16. The van der Waals surface area contributed by atoms with Crippen LogP contribution in [0.5, 0.6) is 0 Å². The molecule has 0 saturated carbocycles. The lowest BCUT2D eigenvalue weighted by Gasteiger charge is -2.36. The summed E-state index contributed by atoms with van der Waals surface area (Å²) in [6, 6.07) is 10.1. The van der Waals surface area contributed by atoms with Crippen molar-refractivity contribution in [2.45, 2.75) is 32.1 Å². The molecule has 0 N–H and O–H groups in total. The maximum absolute atomic E-state index is 12.7. The van der Waals surface area contributed by atoms with Crippen molar-refractivity contribution in [3.05, 3.63) is 30.3 Å². The van der Waals surface area contributed by atoms with Crippen LogP contribution in [0.15, 0.2) is 30.3 Å². The maximum Gasteiger partial charge on any atom is 0.245 e. The zero-order valence-electron chi connectivity index (χ0n) is 12.4. The molecule has 3 nitrogen and oxygen atoms in total. The lowest BCUT2D eigenvalue weighted by Crippen LogP contribution is -2.48. The molecule has 1 aliphatic rings. The largest absolute Gasteiger partial charge is 0.368 e. The van der Waals surface area contributed by atoms with Gasteiger partial charge in [0.1, 0.15) is 0 Å². The van der Waals surface area contributed by atoms with Crippen LogP contribution in [0.2, 0.25) is 0 Å². The molecule has 5 heteroatoms. The zero-order valence-corrected chi connectivity index (χ0v) is 12.4. The van der Waals surface area contributed by atoms with Crippen LogP contribution in [0.4, 0.5) is 14.5 Å². The second-order valence-electron chi connectivity index (χ2n) is 5.63. The molecule has 1 aromatic rings. The van der Waals surface area contributed by atoms with E-state index in [0.717, 1.165) is 25.7 Å². The number of benzene rings is 1. The van der Waals surface area contributed by atoms with Crippen molar-refractivity contribution in [1.29, 1.82) is 0 Å². The number of piperazine rings is 1. The standard InChI is InChI=1S/C16H22F2N2O/c1-16(17,18)9-5-8-15(21)20-12-10-19(11-13-20)14-6-3-2-4-7-14/h2-4,6-7H,5,8-13H2,1H3. The number of rotatable bonds is 5. The average Bonchev–Trinajstić information content (AvgIpc) is 2.47. The number of nitrogens with zero attached hydrogens (tertiary/aromatic N) is 2. The summed E-state index contributed by atoms with van der Waals surface area (Å²) < 4.78 is 25.4. The number of carbonyl (C=O) groups excluding carboxylic acids is 1. The molecule has 0 atom stereocenters. The van der Waals surface area contributed by atoms with Crippen LogP contribution in [0, 0.1) is 0 Å². The van der Waals surface area contributed by atoms with E-state index in [1.165, 1.54) is 0 Å². The Bertz CT molecular complexity index is 451. The number of hydrogen-bond acceptors (Lipinski definition) is 2. The Labute approximate surface area is 124 Å². The molecule has 1 aliphatic heterocycles. The quantitative estimate of drug-likeness (QED) is 0.833. The van der Waals surface area contributed by atoms with Gasteiger partial charge in [0, 0.05) is 44.7 Å². The third-order valence-corrected chi connectivity index (χ3v) is 3.76. The van der Waals surface area contributed by atoms with Gasteiger partial charge in [0.15, 0.2) is 0 Å². The lowest BCUT2D eigenvalue weighted by atomic mass is 10.1. The summed E-state index contributed by atoms with van der Waals surface area (Å²) in [6.07, 6.45) is 0.249. The van der Waals surface area contributed by atoms with Gasteiger partial charge < -0.3 is 9.80 Å². The van der Waals surface area contributed by atoms with Gasteiger partial charge >= 0.3 is 0 Å². The predicted octanol–water partition coefficient (Wildman–Crippen LogP) is 3.16. The summed E-state index contributed by atoms with van der Waals surface area (Å²) in [6.45, 7) is 3.81. The highest BCUT2D eigenvalue weighted by molar-refractivity contribution is 5.76. The molecule has 116 valence electrons. The number of hydrogen-bond donors (Lipinski definition) is 0. The van der Waals surface area contributed by atoms with E-state index in [2.05, 4.69) is 17.0 Å². The number of anilines is 1. The Hall–Kier alpha value is -1.65. The first-order valence-electron chi connectivity index (χ1n) is 7.41. The van der Waals surface area contributed by atoms with E-state index in [-0.39, 0.29) is 25.2 Å². The van der Waals surface area contributed by atoms with Crippen LogP contribution < -0.4 is 4.90 Å². The van der Waals surface area contributed by atoms with E-state index < -0.39 is 5.92 Å². The van der Waals surface area contributed by atoms with Gasteiger partial charge in [0.2, 0.25) is 11.8 Å².